The Balaban J connectivity index is 1.83. The number of rotatable bonds is 7. The van der Waals surface area contributed by atoms with Crippen LogP contribution in [0.5, 0.6) is 0 Å². The molecule has 2 atom stereocenters. The van der Waals surface area contributed by atoms with E-state index in [0.717, 1.165) is 13.2 Å². The summed E-state index contributed by atoms with van der Waals surface area (Å²) in [6.45, 7) is 4.28. The molecule has 102 valence electrons. The highest BCUT2D eigenvalue weighted by molar-refractivity contribution is 7.07. The molecule has 2 rings (SSSR count). The van der Waals surface area contributed by atoms with E-state index >= 15 is 0 Å². The minimum atomic E-state index is 0.434. The van der Waals surface area contributed by atoms with E-state index in [1.807, 2.05) is 0 Å². The first-order valence-corrected chi connectivity index (χ1v) is 8.20. The molecule has 0 spiro atoms. The zero-order valence-corrected chi connectivity index (χ0v) is 12.2. The second-order valence-electron chi connectivity index (χ2n) is 5.14. The fourth-order valence-corrected chi connectivity index (χ4v) is 3.29. The van der Waals surface area contributed by atoms with Crippen LogP contribution in [0.3, 0.4) is 0 Å². The molecule has 1 aliphatic heterocycles. The third kappa shape index (κ3) is 4.38. The third-order valence-corrected chi connectivity index (χ3v) is 4.38. The van der Waals surface area contributed by atoms with Crippen molar-refractivity contribution in [1.29, 1.82) is 0 Å². The maximum atomic E-state index is 5.95. The number of thiophene rings is 1. The van der Waals surface area contributed by atoms with Crippen molar-refractivity contribution in [3.63, 3.8) is 0 Å². The second kappa shape index (κ2) is 7.93. The Morgan fingerprint density at radius 3 is 3.11 bits per heavy atom. The molecule has 1 aromatic rings. The van der Waals surface area contributed by atoms with Gasteiger partial charge in [-0.05, 0) is 67.5 Å². The molecular formula is C15H25NOS. The highest BCUT2D eigenvalue weighted by atomic mass is 32.1. The normalized spacial score (nSPS) is 21.9. The molecule has 0 bridgehead atoms. The van der Waals surface area contributed by atoms with Crippen molar-refractivity contribution < 1.29 is 4.74 Å². The summed E-state index contributed by atoms with van der Waals surface area (Å²) in [5.41, 5.74) is 1.47. The van der Waals surface area contributed by atoms with Crippen molar-refractivity contribution in [3.8, 4) is 0 Å². The van der Waals surface area contributed by atoms with Gasteiger partial charge in [0.25, 0.3) is 0 Å². The first kappa shape index (κ1) is 14.0. The van der Waals surface area contributed by atoms with Gasteiger partial charge in [0.1, 0.15) is 0 Å². The van der Waals surface area contributed by atoms with E-state index in [1.165, 1.54) is 44.1 Å². The molecule has 18 heavy (non-hydrogen) atoms. The third-order valence-electron chi connectivity index (χ3n) is 3.64. The summed E-state index contributed by atoms with van der Waals surface area (Å²) in [7, 11) is 0. The van der Waals surface area contributed by atoms with Crippen molar-refractivity contribution >= 4 is 11.3 Å². The van der Waals surface area contributed by atoms with Crippen LogP contribution in [-0.4, -0.2) is 25.3 Å². The maximum absolute atomic E-state index is 5.95. The van der Waals surface area contributed by atoms with Gasteiger partial charge in [-0.25, -0.2) is 0 Å². The van der Waals surface area contributed by atoms with Crippen LogP contribution >= 0.6 is 11.3 Å². The molecule has 0 saturated carbocycles. The zero-order chi connectivity index (χ0) is 12.6. The van der Waals surface area contributed by atoms with Crippen LogP contribution in [0.15, 0.2) is 16.8 Å². The summed E-state index contributed by atoms with van der Waals surface area (Å²) in [6, 6.07) is 2.77. The molecule has 2 nitrogen and oxygen atoms in total. The molecule has 0 aliphatic carbocycles. The van der Waals surface area contributed by atoms with Gasteiger partial charge in [-0.15, -0.1) is 0 Å². The SMILES string of the molecule is CCCNC(CCc1ccsc1)C1CCCCO1. The van der Waals surface area contributed by atoms with Crippen LogP contribution in [0.4, 0.5) is 0 Å². The van der Waals surface area contributed by atoms with E-state index < -0.39 is 0 Å². The standard InChI is InChI=1S/C15H25NOS/c1-2-9-16-14(15-5-3-4-10-17-15)7-6-13-8-11-18-12-13/h8,11-12,14-16H,2-7,9-10H2,1H3. The van der Waals surface area contributed by atoms with Gasteiger partial charge < -0.3 is 10.1 Å². The molecule has 1 aliphatic rings. The number of hydrogen-bond donors (Lipinski definition) is 1. The van der Waals surface area contributed by atoms with E-state index in [-0.39, 0.29) is 0 Å². The smallest absolute Gasteiger partial charge is 0.0728 e. The van der Waals surface area contributed by atoms with E-state index in [4.69, 9.17) is 4.74 Å². The van der Waals surface area contributed by atoms with Gasteiger partial charge in [-0.1, -0.05) is 6.92 Å². The average Bonchev–Trinajstić information content (AvgIpc) is 2.93. The number of aryl methyl sites for hydroxylation is 1. The molecule has 2 heterocycles. The summed E-state index contributed by atoms with van der Waals surface area (Å²) in [6.07, 6.45) is 7.79. The molecule has 0 aromatic carbocycles. The molecule has 1 fully saturated rings. The van der Waals surface area contributed by atoms with Gasteiger partial charge in [-0.3, -0.25) is 0 Å². The minimum absolute atomic E-state index is 0.434. The van der Waals surface area contributed by atoms with Crippen molar-refractivity contribution in [1.82, 2.24) is 5.32 Å². The first-order chi connectivity index (χ1) is 8.90. The Hall–Kier alpha value is -0.380. The van der Waals surface area contributed by atoms with Crippen molar-refractivity contribution in [2.75, 3.05) is 13.2 Å². The van der Waals surface area contributed by atoms with Gasteiger partial charge in [0.2, 0.25) is 0 Å². The second-order valence-corrected chi connectivity index (χ2v) is 5.92. The predicted molar refractivity (Wildman–Crippen MR) is 78.3 cm³/mol. The summed E-state index contributed by atoms with van der Waals surface area (Å²) in [4.78, 5) is 0. The lowest BCUT2D eigenvalue weighted by Crippen LogP contribution is -2.43. The number of ether oxygens (including phenoxy) is 1. The van der Waals surface area contributed by atoms with Gasteiger partial charge in [0.15, 0.2) is 0 Å². The van der Waals surface area contributed by atoms with E-state index in [2.05, 4.69) is 29.1 Å². The zero-order valence-electron chi connectivity index (χ0n) is 11.4. The monoisotopic (exact) mass is 267 g/mol. The molecule has 0 radical (unpaired) electrons. The molecular weight excluding hydrogens is 242 g/mol. The van der Waals surface area contributed by atoms with Crippen LogP contribution in [0.2, 0.25) is 0 Å². The number of hydrogen-bond acceptors (Lipinski definition) is 3. The lowest BCUT2D eigenvalue weighted by molar-refractivity contribution is -0.00913. The van der Waals surface area contributed by atoms with Crippen molar-refractivity contribution in [2.24, 2.45) is 0 Å². The summed E-state index contributed by atoms with van der Waals surface area (Å²) < 4.78 is 5.95. The highest BCUT2D eigenvalue weighted by Gasteiger charge is 2.23. The molecule has 0 amide bonds. The van der Waals surface area contributed by atoms with Crippen molar-refractivity contribution in [3.05, 3.63) is 22.4 Å². The summed E-state index contributed by atoms with van der Waals surface area (Å²) in [5, 5.41) is 8.11. The van der Waals surface area contributed by atoms with E-state index in [1.54, 1.807) is 11.3 Å². The van der Waals surface area contributed by atoms with Gasteiger partial charge in [-0.2, -0.15) is 11.3 Å². The average molecular weight is 267 g/mol. The highest BCUT2D eigenvalue weighted by Crippen LogP contribution is 2.19. The summed E-state index contributed by atoms with van der Waals surface area (Å²) >= 11 is 1.79. The Morgan fingerprint density at radius 1 is 1.50 bits per heavy atom. The fourth-order valence-electron chi connectivity index (χ4n) is 2.59. The van der Waals surface area contributed by atoms with Crippen molar-refractivity contribution in [2.45, 2.75) is 57.6 Å². The molecule has 1 saturated heterocycles. The van der Waals surface area contributed by atoms with Crippen LogP contribution in [0.25, 0.3) is 0 Å². The minimum Gasteiger partial charge on any atom is -0.377 e. The van der Waals surface area contributed by atoms with Gasteiger partial charge in [0.05, 0.1) is 6.10 Å². The quantitative estimate of drug-likeness (QED) is 0.814. The molecule has 3 heteroatoms. The Bertz CT molecular complexity index is 306. The van der Waals surface area contributed by atoms with Crippen LogP contribution in [-0.2, 0) is 11.2 Å². The lowest BCUT2D eigenvalue weighted by Gasteiger charge is -2.31. The lowest BCUT2D eigenvalue weighted by atomic mass is 9.97. The predicted octanol–water partition coefficient (Wildman–Crippen LogP) is 3.62. The Kier molecular flexibility index (Phi) is 6.18. The number of nitrogens with one attached hydrogen (secondary N) is 1. The van der Waals surface area contributed by atoms with Crippen LogP contribution in [0.1, 0.15) is 44.6 Å². The van der Waals surface area contributed by atoms with E-state index in [0.29, 0.717) is 12.1 Å². The van der Waals surface area contributed by atoms with Gasteiger partial charge >= 0.3 is 0 Å². The first-order valence-electron chi connectivity index (χ1n) is 7.26. The molecule has 1 aromatic heterocycles. The topological polar surface area (TPSA) is 21.3 Å². The largest absolute Gasteiger partial charge is 0.377 e. The van der Waals surface area contributed by atoms with Crippen LogP contribution < -0.4 is 5.32 Å². The van der Waals surface area contributed by atoms with Crippen LogP contribution in [0, 0.1) is 0 Å². The Morgan fingerprint density at radius 2 is 2.44 bits per heavy atom. The maximum Gasteiger partial charge on any atom is 0.0728 e. The van der Waals surface area contributed by atoms with Gasteiger partial charge in [0, 0.05) is 12.6 Å². The Labute approximate surface area is 115 Å². The summed E-state index contributed by atoms with van der Waals surface area (Å²) in [5.74, 6) is 0. The molecule has 2 unspecified atom stereocenters. The van der Waals surface area contributed by atoms with E-state index in [9.17, 15) is 0 Å². The molecule has 1 N–H and O–H groups in total. The fraction of sp³-hybridized carbons (Fsp3) is 0.733.